The monoisotopic (exact) mass is 380 g/mol. The molecule has 0 saturated carbocycles. The van der Waals surface area contributed by atoms with Crippen LogP contribution in [0.2, 0.25) is 0 Å². The molecule has 5 nitrogen and oxygen atoms in total. The molecule has 6 heteroatoms. The quantitative estimate of drug-likeness (QED) is 0.811. The van der Waals surface area contributed by atoms with Crippen molar-refractivity contribution in [2.75, 3.05) is 5.32 Å². The summed E-state index contributed by atoms with van der Waals surface area (Å²) in [6.45, 7) is 0.705. The van der Waals surface area contributed by atoms with E-state index in [-0.39, 0.29) is 5.91 Å². The van der Waals surface area contributed by atoms with Gasteiger partial charge < -0.3 is 5.32 Å². The molecule has 1 heterocycles. The van der Waals surface area contributed by atoms with Gasteiger partial charge in [0.05, 0.1) is 21.0 Å². The van der Waals surface area contributed by atoms with Crippen LogP contribution >= 0.6 is 22.6 Å². The molecule has 0 fully saturated rings. The number of anilines is 1. The number of rotatable bonds is 5. The number of carbonyl (C=O) groups excluding carboxylic acids is 1. The lowest BCUT2D eigenvalue weighted by Crippen LogP contribution is -2.13. The van der Waals surface area contributed by atoms with Crippen LogP contribution < -0.4 is 5.32 Å². The molecule has 0 saturated heterocycles. The summed E-state index contributed by atoms with van der Waals surface area (Å²) < 4.78 is 2.90. The summed E-state index contributed by atoms with van der Waals surface area (Å²) in [5, 5.41) is 15.9. The Morgan fingerprint density at radius 1 is 1.45 bits per heavy atom. The molecule has 0 aliphatic carbocycles. The number of aromatic nitrogens is 2. The van der Waals surface area contributed by atoms with Crippen molar-refractivity contribution in [2.45, 2.75) is 19.4 Å². The van der Waals surface area contributed by atoms with E-state index in [1.807, 2.05) is 10.9 Å². The Morgan fingerprint density at radius 3 is 2.95 bits per heavy atom. The van der Waals surface area contributed by atoms with E-state index in [4.69, 9.17) is 5.26 Å². The van der Waals surface area contributed by atoms with Gasteiger partial charge in [0.15, 0.2) is 0 Å². The van der Waals surface area contributed by atoms with Crippen molar-refractivity contribution in [1.29, 1.82) is 5.26 Å². The van der Waals surface area contributed by atoms with E-state index in [2.05, 4.69) is 39.1 Å². The third kappa shape index (κ3) is 4.06. The minimum atomic E-state index is -0.0884. The molecule has 0 atom stereocenters. The maximum atomic E-state index is 11.8. The summed E-state index contributed by atoms with van der Waals surface area (Å²) in [5.74, 6) is -0.0884. The lowest BCUT2D eigenvalue weighted by Gasteiger charge is -2.06. The van der Waals surface area contributed by atoms with Gasteiger partial charge in [0.25, 0.3) is 0 Å². The van der Waals surface area contributed by atoms with Gasteiger partial charge in [-0.1, -0.05) is 12.1 Å². The Morgan fingerprint density at radius 2 is 2.25 bits per heavy atom. The summed E-state index contributed by atoms with van der Waals surface area (Å²) in [7, 11) is 0. The predicted molar refractivity (Wildman–Crippen MR) is 84.0 cm³/mol. The molecule has 1 aromatic carbocycles. The molecule has 0 radical (unpaired) electrons. The first-order chi connectivity index (χ1) is 9.69. The highest BCUT2D eigenvalue weighted by atomic mass is 127. The molecule has 0 aliphatic heterocycles. The van der Waals surface area contributed by atoms with E-state index in [0.717, 1.165) is 3.57 Å². The SMILES string of the molecule is N#Cc1ccccc1NC(=O)CCCn1cc(I)cn1. The summed E-state index contributed by atoms with van der Waals surface area (Å²) in [6, 6.07) is 9.03. The summed E-state index contributed by atoms with van der Waals surface area (Å²) in [5.41, 5.74) is 1.04. The first-order valence-corrected chi connectivity index (χ1v) is 7.24. The topological polar surface area (TPSA) is 70.7 Å². The average Bonchev–Trinajstić information content (AvgIpc) is 2.85. The molecule has 0 aliphatic rings. The molecule has 0 unspecified atom stereocenters. The van der Waals surface area contributed by atoms with Gasteiger partial charge in [-0.15, -0.1) is 0 Å². The van der Waals surface area contributed by atoms with Crippen LogP contribution in [-0.4, -0.2) is 15.7 Å². The Hall–Kier alpha value is -1.88. The maximum Gasteiger partial charge on any atom is 0.224 e. The van der Waals surface area contributed by atoms with Gasteiger partial charge >= 0.3 is 0 Å². The van der Waals surface area contributed by atoms with Crippen molar-refractivity contribution in [3.8, 4) is 6.07 Å². The van der Waals surface area contributed by atoms with Gasteiger partial charge in [-0.05, 0) is 41.1 Å². The smallest absolute Gasteiger partial charge is 0.224 e. The van der Waals surface area contributed by atoms with Gasteiger partial charge in [-0.25, -0.2) is 0 Å². The third-order valence-corrected chi connectivity index (χ3v) is 3.27. The van der Waals surface area contributed by atoms with E-state index < -0.39 is 0 Å². The normalized spacial score (nSPS) is 10.0. The maximum absolute atomic E-state index is 11.8. The van der Waals surface area contributed by atoms with Crippen molar-refractivity contribution < 1.29 is 4.79 Å². The van der Waals surface area contributed by atoms with Crippen LogP contribution in [0.15, 0.2) is 36.7 Å². The first-order valence-electron chi connectivity index (χ1n) is 6.16. The number of hydrogen-bond acceptors (Lipinski definition) is 3. The minimum Gasteiger partial charge on any atom is -0.325 e. The fraction of sp³-hybridized carbons (Fsp3) is 0.214. The lowest BCUT2D eigenvalue weighted by molar-refractivity contribution is -0.116. The fourth-order valence-corrected chi connectivity index (χ4v) is 2.21. The molecule has 1 N–H and O–H groups in total. The van der Waals surface area contributed by atoms with E-state index in [0.29, 0.717) is 30.6 Å². The second-order valence-electron chi connectivity index (χ2n) is 4.23. The van der Waals surface area contributed by atoms with Crippen molar-refractivity contribution in [3.05, 3.63) is 45.8 Å². The van der Waals surface area contributed by atoms with E-state index in [9.17, 15) is 4.79 Å². The molecule has 0 spiro atoms. The Labute approximate surface area is 130 Å². The van der Waals surface area contributed by atoms with Crippen molar-refractivity contribution in [2.24, 2.45) is 0 Å². The summed E-state index contributed by atoms with van der Waals surface area (Å²) >= 11 is 2.20. The zero-order chi connectivity index (χ0) is 14.4. The van der Waals surface area contributed by atoms with Gasteiger partial charge in [0.2, 0.25) is 5.91 Å². The van der Waals surface area contributed by atoms with Gasteiger partial charge in [0.1, 0.15) is 6.07 Å². The highest BCUT2D eigenvalue weighted by molar-refractivity contribution is 14.1. The molecule has 1 amide bonds. The number of amides is 1. The molecule has 0 bridgehead atoms. The summed E-state index contributed by atoms with van der Waals surface area (Å²) in [6.07, 6.45) is 4.82. The van der Waals surface area contributed by atoms with Crippen LogP contribution in [0.5, 0.6) is 0 Å². The molecular formula is C14H13IN4O. The number of nitrogens with zero attached hydrogens (tertiary/aromatic N) is 3. The van der Waals surface area contributed by atoms with Gasteiger partial charge in [-0.2, -0.15) is 10.4 Å². The van der Waals surface area contributed by atoms with Crippen molar-refractivity contribution in [3.63, 3.8) is 0 Å². The minimum absolute atomic E-state index is 0.0884. The Balaban J connectivity index is 1.82. The fourth-order valence-electron chi connectivity index (χ4n) is 1.76. The highest BCUT2D eigenvalue weighted by Crippen LogP contribution is 2.14. The lowest BCUT2D eigenvalue weighted by atomic mass is 10.2. The van der Waals surface area contributed by atoms with E-state index in [1.54, 1.807) is 30.5 Å². The molecule has 2 aromatic rings. The Bertz CT molecular complexity index is 645. The average molecular weight is 380 g/mol. The van der Waals surface area contributed by atoms with Crippen molar-refractivity contribution >= 4 is 34.2 Å². The molecule has 1 aromatic heterocycles. The number of halogens is 1. The highest BCUT2D eigenvalue weighted by Gasteiger charge is 2.06. The largest absolute Gasteiger partial charge is 0.325 e. The first kappa shape index (κ1) is 14.5. The number of benzene rings is 1. The van der Waals surface area contributed by atoms with Crippen LogP contribution in [0, 0.1) is 14.9 Å². The van der Waals surface area contributed by atoms with Gasteiger partial charge in [0, 0.05) is 19.2 Å². The Kier molecular flexibility index (Phi) is 5.12. The molecule has 20 heavy (non-hydrogen) atoms. The predicted octanol–water partition coefficient (Wildman–Crippen LogP) is 2.78. The number of hydrogen-bond donors (Lipinski definition) is 1. The number of carbonyl (C=O) groups is 1. The van der Waals surface area contributed by atoms with Crippen LogP contribution in [0.1, 0.15) is 18.4 Å². The standard InChI is InChI=1S/C14H13IN4O/c15-12-9-17-19(10-12)7-3-6-14(20)18-13-5-2-1-4-11(13)8-16/h1-2,4-5,9-10H,3,6-7H2,(H,18,20). The van der Waals surface area contributed by atoms with Gasteiger partial charge in [-0.3, -0.25) is 9.48 Å². The number of aryl methyl sites for hydroxylation is 1. The van der Waals surface area contributed by atoms with E-state index in [1.165, 1.54) is 0 Å². The molecule has 2 rings (SSSR count). The number of nitrogens with one attached hydrogen (secondary N) is 1. The van der Waals surface area contributed by atoms with Crippen LogP contribution in [0.25, 0.3) is 0 Å². The number of para-hydroxylation sites is 1. The second kappa shape index (κ2) is 7.05. The van der Waals surface area contributed by atoms with Crippen LogP contribution in [0.3, 0.4) is 0 Å². The third-order valence-electron chi connectivity index (χ3n) is 2.71. The molecular weight excluding hydrogens is 367 g/mol. The zero-order valence-electron chi connectivity index (χ0n) is 10.7. The second-order valence-corrected chi connectivity index (χ2v) is 5.48. The van der Waals surface area contributed by atoms with Crippen LogP contribution in [0.4, 0.5) is 5.69 Å². The van der Waals surface area contributed by atoms with Crippen LogP contribution in [-0.2, 0) is 11.3 Å². The van der Waals surface area contributed by atoms with Crippen molar-refractivity contribution in [1.82, 2.24) is 9.78 Å². The molecule has 102 valence electrons. The zero-order valence-corrected chi connectivity index (χ0v) is 12.9. The number of nitriles is 1. The van der Waals surface area contributed by atoms with E-state index >= 15 is 0 Å². The summed E-state index contributed by atoms with van der Waals surface area (Å²) in [4.78, 5) is 11.8.